The molecule has 3 aromatic rings. The first kappa shape index (κ1) is 18.7. The molecule has 8 nitrogen and oxygen atoms in total. The van der Waals surface area contributed by atoms with Crippen LogP contribution in [0.15, 0.2) is 41.8 Å². The average Bonchev–Trinajstić information content (AvgIpc) is 3.32. The Hall–Kier alpha value is -3.07. The van der Waals surface area contributed by atoms with Crippen LogP contribution in [0.25, 0.3) is 11.4 Å². The molecule has 9 heteroatoms. The second-order valence-electron chi connectivity index (χ2n) is 6.00. The summed E-state index contributed by atoms with van der Waals surface area (Å²) in [6.45, 7) is 1.95. The van der Waals surface area contributed by atoms with E-state index in [1.54, 1.807) is 18.4 Å². The fourth-order valence-corrected chi connectivity index (χ4v) is 3.02. The smallest absolute Gasteiger partial charge is 0.330 e. The third-order valence-electron chi connectivity index (χ3n) is 3.79. The Bertz CT molecular complexity index is 905. The van der Waals surface area contributed by atoms with E-state index in [-0.39, 0.29) is 19.1 Å². The third kappa shape index (κ3) is 5.20. The highest BCUT2D eigenvalue weighted by atomic mass is 32.1. The number of aromatic nitrogens is 4. The Morgan fingerprint density at radius 3 is 2.70 bits per heavy atom. The van der Waals surface area contributed by atoms with Crippen molar-refractivity contribution < 1.29 is 14.3 Å². The zero-order valence-corrected chi connectivity index (χ0v) is 15.8. The van der Waals surface area contributed by atoms with Gasteiger partial charge in [0.05, 0.1) is 6.54 Å². The molecule has 1 amide bonds. The molecule has 1 aromatic carbocycles. The maximum atomic E-state index is 12.0. The Balaban J connectivity index is 1.48. The summed E-state index contributed by atoms with van der Waals surface area (Å²) in [7, 11) is 1.67. The van der Waals surface area contributed by atoms with Crippen LogP contribution < -0.4 is 0 Å². The highest BCUT2D eigenvalue weighted by Crippen LogP contribution is 2.14. The van der Waals surface area contributed by atoms with E-state index in [1.165, 1.54) is 4.90 Å². The SMILES string of the molecule is Cc1ccc(-c2nnn(CC(=O)OCC(=O)N(C)Cc3cccs3)n2)cc1. The Morgan fingerprint density at radius 2 is 2.00 bits per heavy atom. The lowest BCUT2D eigenvalue weighted by atomic mass is 10.1. The molecule has 0 unspecified atom stereocenters. The third-order valence-corrected chi connectivity index (χ3v) is 4.65. The Morgan fingerprint density at radius 1 is 1.22 bits per heavy atom. The summed E-state index contributed by atoms with van der Waals surface area (Å²) >= 11 is 1.57. The molecular weight excluding hydrogens is 366 g/mol. The number of benzene rings is 1. The van der Waals surface area contributed by atoms with Gasteiger partial charge in [0.1, 0.15) is 0 Å². The molecule has 0 aliphatic rings. The van der Waals surface area contributed by atoms with E-state index in [1.807, 2.05) is 48.7 Å². The van der Waals surface area contributed by atoms with Crippen molar-refractivity contribution in [2.75, 3.05) is 13.7 Å². The van der Waals surface area contributed by atoms with Crippen molar-refractivity contribution in [3.05, 3.63) is 52.2 Å². The summed E-state index contributed by atoms with van der Waals surface area (Å²) in [5.74, 6) is -0.445. The summed E-state index contributed by atoms with van der Waals surface area (Å²) in [4.78, 5) is 27.7. The van der Waals surface area contributed by atoms with Gasteiger partial charge in [0.25, 0.3) is 5.91 Å². The van der Waals surface area contributed by atoms with Gasteiger partial charge in [-0.15, -0.1) is 21.5 Å². The number of carbonyl (C=O) groups excluding carboxylic acids is 2. The zero-order chi connectivity index (χ0) is 19.2. The van der Waals surface area contributed by atoms with Crippen molar-refractivity contribution in [1.29, 1.82) is 0 Å². The summed E-state index contributed by atoms with van der Waals surface area (Å²) < 4.78 is 5.02. The average molecular weight is 385 g/mol. The molecule has 3 rings (SSSR count). The van der Waals surface area contributed by atoms with Crippen LogP contribution in [0.3, 0.4) is 0 Å². The van der Waals surface area contributed by atoms with Crippen LogP contribution in [-0.4, -0.2) is 50.6 Å². The Labute approximate surface area is 160 Å². The predicted octanol–water partition coefficient (Wildman–Crippen LogP) is 1.91. The van der Waals surface area contributed by atoms with E-state index in [9.17, 15) is 9.59 Å². The number of hydrogen-bond acceptors (Lipinski definition) is 7. The molecule has 0 bridgehead atoms. The lowest BCUT2D eigenvalue weighted by Gasteiger charge is -2.15. The first-order chi connectivity index (χ1) is 13.0. The maximum absolute atomic E-state index is 12.0. The molecule has 0 fully saturated rings. The topological polar surface area (TPSA) is 90.2 Å². The van der Waals surface area contributed by atoms with Gasteiger partial charge in [-0.05, 0) is 23.6 Å². The van der Waals surface area contributed by atoms with E-state index in [0.29, 0.717) is 12.4 Å². The van der Waals surface area contributed by atoms with E-state index in [4.69, 9.17) is 4.74 Å². The van der Waals surface area contributed by atoms with Crippen LogP contribution in [0.2, 0.25) is 0 Å². The molecule has 27 heavy (non-hydrogen) atoms. The van der Waals surface area contributed by atoms with Gasteiger partial charge in [-0.2, -0.15) is 4.80 Å². The number of ether oxygens (including phenoxy) is 1. The van der Waals surface area contributed by atoms with Crippen molar-refractivity contribution in [1.82, 2.24) is 25.1 Å². The summed E-state index contributed by atoms with van der Waals surface area (Å²) in [5, 5.41) is 13.9. The summed E-state index contributed by atoms with van der Waals surface area (Å²) in [5.41, 5.74) is 1.94. The quantitative estimate of drug-likeness (QED) is 0.577. The molecule has 0 aliphatic carbocycles. The number of esters is 1. The molecule has 0 saturated carbocycles. The maximum Gasteiger partial charge on any atom is 0.330 e. The number of carbonyl (C=O) groups is 2. The summed E-state index contributed by atoms with van der Waals surface area (Å²) in [6.07, 6.45) is 0. The van der Waals surface area contributed by atoms with Crippen molar-refractivity contribution in [3.63, 3.8) is 0 Å². The molecule has 0 radical (unpaired) electrons. The number of rotatable bonds is 7. The first-order valence-electron chi connectivity index (χ1n) is 8.28. The normalized spacial score (nSPS) is 10.6. The fraction of sp³-hybridized carbons (Fsp3) is 0.278. The highest BCUT2D eigenvalue weighted by molar-refractivity contribution is 7.09. The molecule has 0 aliphatic heterocycles. The van der Waals surface area contributed by atoms with E-state index in [2.05, 4.69) is 15.4 Å². The molecule has 0 atom stereocenters. The lowest BCUT2D eigenvalue weighted by Crippen LogP contribution is -2.31. The summed E-state index contributed by atoms with van der Waals surface area (Å²) in [6, 6.07) is 11.5. The Kier molecular flexibility index (Phi) is 5.92. The molecular formula is C18H19N5O3S. The molecule has 140 valence electrons. The van der Waals surface area contributed by atoms with Crippen molar-refractivity contribution >= 4 is 23.2 Å². The van der Waals surface area contributed by atoms with E-state index < -0.39 is 5.97 Å². The molecule has 2 heterocycles. The number of hydrogen-bond donors (Lipinski definition) is 0. The minimum Gasteiger partial charge on any atom is -0.454 e. The largest absolute Gasteiger partial charge is 0.454 e. The van der Waals surface area contributed by atoms with Crippen LogP contribution in [0, 0.1) is 6.92 Å². The monoisotopic (exact) mass is 385 g/mol. The highest BCUT2D eigenvalue weighted by Gasteiger charge is 2.15. The second-order valence-corrected chi connectivity index (χ2v) is 7.03. The van der Waals surface area contributed by atoms with E-state index in [0.717, 1.165) is 20.8 Å². The van der Waals surface area contributed by atoms with Crippen LogP contribution >= 0.6 is 11.3 Å². The van der Waals surface area contributed by atoms with E-state index >= 15 is 0 Å². The van der Waals surface area contributed by atoms with Gasteiger partial charge in [-0.3, -0.25) is 4.79 Å². The standard InChI is InChI=1S/C18H19N5O3S/c1-13-5-7-14(8-6-13)18-19-21-23(20-18)11-17(25)26-12-16(24)22(2)10-15-4-3-9-27-15/h3-9H,10-12H2,1-2H3. The molecule has 0 spiro atoms. The molecule has 0 N–H and O–H groups in total. The predicted molar refractivity (Wildman–Crippen MR) is 99.7 cm³/mol. The van der Waals surface area contributed by atoms with Gasteiger partial charge < -0.3 is 9.64 Å². The minimum absolute atomic E-state index is 0.208. The van der Waals surface area contributed by atoms with Gasteiger partial charge in [0, 0.05) is 17.5 Å². The number of amides is 1. The van der Waals surface area contributed by atoms with Crippen LogP contribution in [0.4, 0.5) is 0 Å². The van der Waals surface area contributed by atoms with Gasteiger partial charge in [0.15, 0.2) is 13.2 Å². The fourth-order valence-electron chi connectivity index (χ4n) is 2.27. The number of thiophene rings is 1. The second kappa shape index (κ2) is 8.54. The number of aryl methyl sites for hydroxylation is 1. The van der Waals surface area contributed by atoms with Crippen LogP contribution in [0.1, 0.15) is 10.4 Å². The van der Waals surface area contributed by atoms with Crippen molar-refractivity contribution in [2.24, 2.45) is 0 Å². The van der Waals surface area contributed by atoms with Crippen LogP contribution in [0.5, 0.6) is 0 Å². The molecule has 2 aromatic heterocycles. The number of nitrogens with zero attached hydrogens (tertiary/aromatic N) is 5. The number of likely N-dealkylation sites (N-methyl/N-ethyl adjacent to an activating group) is 1. The van der Waals surface area contributed by atoms with Gasteiger partial charge in [0.2, 0.25) is 5.82 Å². The lowest BCUT2D eigenvalue weighted by molar-refractivity contribution is -0.152. The van der Waals surface area contributed by atoms with Gasteiger partial charge in [-0.1, -0.05) is 35.9 Å². The van der Waals surface area contributed by atoms with Crippen molar-refractivity contribution in [2.45, 2.75) is 20.0 Å². The van der Waals surface area contributed by atoms with Gasteiger partial charge >= 0.3 is 5.97 Å². The van der Waals surface area contributed by atoms with Crippen LogP contribution in [-0.2, 0) is 27.4 Å². The molecule has 0 saturated heterocycles. The van der Waals surface area contributed by atoms with Crippen molar-refractivity contribution in [3.8, 4) is 11.4 Å². The zero-order valence-electron chi connectivity index (χ0n) is 15.0. The first-order valence-corrected chi connectivity index (χ1v) is 9.16. The van der Waals surface area contributed by atoms with Gasteiger partial charge in [-0.25, -0.2) is 4.79 Å². The minimum atomic E-state index is -0.597. The number of tetrazole rings is 1.